The normalized spacial score (nSPS) is 10.7. The molecule has 0 fully saturated rings. The zero-order valence-electron chi connectivity index (χ0n) is 25.3. The molecule has 2 aromatic heterocycles. The van der Waals surface area contributed by atoms with Crippen LogP contribution < -0.4 is 25.2 Å². The topological polar surface area (TPSA) is 117 Å². The van der Waals surface area contributed by atoms with E-state index in [0.717, 1.165) is 16.6 Å². The second-order valence-electron chi connectivity index (χ2n) is 10.3. The first-order chi connectivity index (χ1) is 22.1. The van der Waals surface area contributed by atoms with Crippen molar-refractivity contribution in [3.8, 4) is 5.75 Å². The number of anilines is 4. The summed E-state index contributed by atoms with van der Waals surface area (Å²) in [5.74, 6) is -0.0536. The van der Waals surface area contributed by atoms with Crippen LogP contribution in [0.5, 0.6) is 5.75 Å². The maximum Gasteiger partial charge on any atom is 0.319 e. The molecule has 0 aliphatic heterocycles. The Balaban J connectivity index is 1.22. The highest BCUT2D eigenvalue weighted by atomic mass is 35.5. The molecule has 0 saturated heterocycles. The van der Waals surface area contributed by atoms with Gasteiger partial charge in [0.25, 0.3) is 0 Å². The minimum atomic E-state index is -0.604. The minimum absolute atomic E-state index is 0.0458. The van der Waals surface area contributed by atoms with Crippen molar-refractivity contribution in [2.45, 2.75) is 20.5 Å². The molecule has 0 bridgehead atoms. The predicted octanol–water partition coefficient (Wildman–Crippen LogP) is 7.29. The lowest BCUT2D eigenvalue weighted by molar-refractivity contribution is -0.117. The van der Waals surface area contributed by atoms with E-state index in [1.54, 1.807) is 68.0 Å². The number of nitrogens with zero attached hydrogens (tertiary/aromatic N) is 4. The van der Waals surface area contributed by atoms with Crippen LogP contribution in [0.1, 0.15) is 18.2 Å². The number of likely N-dealkylation sites (N-methyl/N-ethyl adjacent to an activating group) is 1. The third-order valence-electron chi connectivity index (χ3n) is 7.09. The predicted molar refractivity (Wildman–Crippen MR) is 181 cm³/mol. The fourth-order valence-corrected chi connectivity index (χ4v) is 5.38. The van der Waals surface area contributed by atoms with Gasteiger partial charge in [-0.05, 0) is 61.5 Å². The van der Waals surface area contributed by atoms with Crippen LogP contribution in [-0.2, 0) is 16.2 Å². The molecule has 0 spiro atoms. The molecule has 0 aliphatic rings. The Hall–Kier alpha value is -5.19. The lowest BCUT2D eigenvalue weighted by Gasteiger charge is -2.22. The highest BCUT2D eigenvalue weighted by Gasteiger charge is 2.20. The second kappa shape index (κ2) is 14.3. The van der Waals surface area contributed by atoms with E-state index in [0.29, 0.717) is 39.1 Å². The number of ether oxygens (including phenoxy) is 1. The molecule has 0 radical (unpaired) electrons. The number of carbonyl (C=O) groups excluding carboxylic acids is 3. The van der Waals surface area contributed by atoms with Gasteiger partial charge in [0.15, 0.2) is 0 Å². The van der Waals surface area contributed by atoms with Crippen LogP contribution in [0.25, 0.3) is 10.9 Å². The number of hydrogen-bond donors (Lipinski definition) is 2. The van der Waals surface area contributed by atoms with Crippen molar-refractivity contribution < 1.29 is 19.1 Å². The number of urea groups is 1. The molecule has 0 saturated carbocycles. The highest BCUT2D eigenvalue weighted by molar-refractivity contribution is 6.38. The molecular formula is C34H30Cl2N6O4. The van der Waals surface area contributed by atoms with Gasteiger partial charge in [-0.2, -0.15) is 0 Å². The Kier molecular flexibility index (Phi) is 10.00. The first-order valence-electron chi connectivity index (χ1n) is 14.2. The van der Waals surface area contributed by atoms with E-state index in [1.165, 1.54) is 16.7 Å². The quantitative estimate of drug-likeness (QED) is 0.172. The number of nitrogens with one attached hydrogen (secondary N) is 2. The van der Waals surface area contributed by atoms with Crippen LogP contribution in [0.3, 0.4) is 0 Å². The summed E-state index contributed by atoms with van der Waals surface area (Å²) in [7, 11) is 1.55. The molecule has 4 amide bonds. The molecule has 5 rings (SSSR count). The van der Waals surface area contributed by atoms with E-state index in [2.05, 4.69) is 20.6 Å². The number of aromatic nitrogens is 2. The standard InChI is InChI=1S/C34H30Cl2N6O4/c1-21-10-11-23-6-4-9-30(33(23)39-21)46-20-27-28(35)12-13-29(32(27)36)41(3)31(44)19-38-34(45)40-24-7-5-8-26(18-24)42(22(2)43)25-14-16-37-17-15-25/h4-18H,19-20H2,1-3H3,(H2,38,40,45). The van der Waals surface area contributed by atoms with E-state index >= 15 is 0 Å². The van der Waals surface area contributed by atoms with Crippen molar-refractivity contribution in [1.82, 2.24) is 15.3 Å². The zero-order chi connectivity index (χ0) is 32.8. The largest absolute Gasteiger partial charge is 0.487 e. The number of pyridine rings is 2. The van der Waals surface area contributed by atoms with Crippen LogP contribution in [-0.4, -0.2) is 41.4 Å². The summed E-state index contributed by atoms with van der Waals surface area (Å²) in [4.78, 5) is 49.6. The SMILES string of the molecule is CC(=O)N(c1ccncc1)c1cccc(NC(=O)NCC(=O)N(C)c2ccc(Cl)c(COc3cccc4ccc(C)nc34)c2Cl)c1. The van der Waals surface area contributed by atoms with Gasteiger partial charge in [-0.1, -0.05) is 47.5 Å². The number of benzene rings is 3. The summed E-state index contributed by atoms with van der Waals surface area (Å²) in [6.07, 6.45) is 3.18. The Morgan fingerprint density at radius 1 is 0.913 bits per heavy atom. The average Bonchev–Trinajstić information content (AvgIpc) is 3.04. The number of carbonyl (C=O) groups is 3. The van der Waals surface area contributed by atoms with Gasteiger partial charge in [0.05, 0.1) is 28.6 Å². The monoisotopic (exact) mass is 656 g/mol. The molecule has 5 aromatic rings. The van der Waals surface area contributed by atoms with Gasteiger partial charge in [0, 0.05) is 53.7 Å². The number of aryl methyl sites for hydroxylation is 1. The van der Waals surface area contributed by atoms with E-state index in [-0.39, 0.29) is 24.1 Å². The Labute approximate surface area is 275 Å². The summed E-state index contributed by atoms with van der Waals surface area (Å²) in [5.41, 5.74) is 4.10. The number of halogens is 2. The molecule has 12 heteroatoms. The zero-order valence-corrected chi connectivity index (χ0v) is 26.8. The Morgan fingerprint density at radius 3 is 2.43 bits per heavy atom. The fraction of sp³-hybridized carbons (Fsp3) is 0.147. The van der Waals surface area contributed by atoms with Crippen molar-refractivity contribution in [2.75, 3.05) is 28.7 Å². The van der Waals surface area contributed by atoms with E-state index in [9.17, 15) is 14.4 Å². The number of para-hydroxylation sites is 1. The Morgan fingerprint density at radius 2 is 1.67 bits per heavy atom. The molecular weight excluding hydrogens is 627 g/mol. The first-order valence-corrected chi connectivity index (χ1v) is 15.0. The van der Waals surface area contributed by atoms with Gasteiger partial charge in [-0.3, -0.25) is 19.5 Å². The summed E-state index contributed by atoms with van der Waals surface area (Å²) < 4.78 is 6.09. The van der Waals surface area contributed by atoms with Gasteiger partial charge in [0.1, 0.15) is 17.9 Å². The van der Waals surface area contributed by atoms with Crippen molar-refractivity contribution in [3.63, 3.8) is 0 Å². The number of hydrogen-bond acceptors (Lipinski definition) is 6. The van der Waals surface area contributed by atoms with Gasteiger partial charge in [0.2, 0.25) is 11.8 Å². The third kappa shape index (κ3) is 7.36. The van der Waals surface area contributed by atoms with Crippen molar-refractivity contribution in [2.24, 2.45) is 0 Å². The Bertz CT molecular complexity index is 1920. The summed E-state index contributed by atoms with van der Waals surface area (Å²) in [6, 6.07) is 22.4. The maximum atomic E-state index is 13.1. The summed E-state index contributed by atoms with van der Waals surface area (Å²) in [5, 5.41) is 6.83. The lowest BCUT2D eigenvalue weighted by Crippen LogP contribution is -2.40. The fourth-order valence-electron chi connectivity index (χ4n) is 4.77. The van der Waals surface area contributed by atoms with Crippen LogP contribution >= 0.6 is 23.2 Å². The molecule has 2 N–H and O–H groups in total. The summed E-state index contributed by atoms with van der Waals surface area (Å²) >= 11 is 13.2. The molecule has 2 heterocycles. The first kappa shape index (κ1) is 32.2. The van der Waals surface area contributed by atoms with E-state index in [1.807, 2.05) is 37.3 Å². The summed E-state index contributed by atoms with van der Waals surface area (Å²) in [6.45, 7) is 3.08. The highest BCUT2D eigenvalue weighted by Crippen LogP contribution is 2.35. The van der Waals surface area contributed by atoms with Crippen LogP contribution in [0.15, 0.2) is 91.3 Å². The number of fused-ring (bicyclic) bond motifs is 1. The minimum Gasteiger partial charge on any atom is -0.487 e. The van der Waals surface area contributed by atoms with Crippen LogP contribution in [0.4, 0.5) is 27.5 Å². The smallest absolute Gasteiger partial charge is 0.319 e. The lowest BCUT2D eigenvalue weighted by atomic mass is 10.1. The van der Waals surface area contributed by atoms with Crippen LogP contribution in [0, 0.1) is 6.92 Å². The molecule has 234 valence electrons. The number of rotatable bonds is 9. The van der Waals surface area contributed by atoms with E-state index in [4.69, 9.17) is 27.9 Å². The molecule has 0 unspecified atom stereocenters. The van der Waals surface area contributed by atoms with Crippen molar-refractivity contribution in [1.29, 1.82) is 0 Å². The van der Waals surface area contributed by atoms with Crippen LogP contribution in [0.2, 0.25) is 10.0 Å². The maximum absolute atomic E-state index is 13.1. The van der Waals surface area contributed by atoms with E-state index < -0.39 is 11.9 Å². The second-order valence-corrected chi connectivity index (χ2v) is 11.1. The molecule has 3 aromatic carbocycles. The number of amides is 4. The van der Waals surface area contributed by atoms with Gasteiger partial charge in [-0.25, -0.2) is 9.78 Å². The third-order valence-corrected chi connectivity index (χ3v) is 7.87. The van der Waals surface area contributed by atoms with Gasteiger partial charge < -0.3 is 20.3 Å². The molecule has 10 nitrogen and oxygen atoms in total. The average molecular weight is 658 g/mol. The molecule has 0 atom stereocenters. The molecule has 0 aliphatic carbocycles. The molecule has 46 heavy (non-hydrogen) atoms. The van der Waals surface area contributed by atoms with Crippen molar-refractivity contribution in [3.05, 3.63) is 113 Å². The van der Waals surface area contributed by atoms with Gasteiger partial charge >= 0.3 is 6.03 Å². The van der Waals surface area contributed by atoms with Gasteiger partial charge in [-0.15, -0.1) is 0 Å². The van der Waals surface area contributed by atoms with Crippen molar-refractivity contribution >= 4 is 74.7 Å².